The average molecular weight is 242 g/mol. The number of carbonyl (C=O) groups excluding carboxylic acids is 1. The van der Waals surface area contributed by atoms with Crippen molar-refractivity contribution in [3.05, 3.63) is 34.9 Å². The van der Waals surface area contributed by atoms with Gasteiger partial charge in [-0.3, -0.25) is 0 Å². The Bertz CT molecular complexity index is 349. The molecule has 0 bridgehead atoms. The number of esters is 1. The predicted molar refractivity (Wildman–Crippen MR) is 64.9 cm³/mol. The molecule has 4 heteroatoms. The molecule has 88 valence electrons. The lowest BCUT2D eigenvalue weighted by atomic mass is 10.2. The SMILES string of the molecule is CC(CN(C)C)OC(=O)c1ccc(Cl)cc1. The summed E-state index contributed by atoms with van der Waals surface area (Å²) in [6, 6.07) is 6.67. The monoisotopic (exact) mass is 241 g/mol. The molecule has 1 rings (SSSR count). The summed E-state index contributed by atoms with van der Waals surface area (Å²) in [7, 11) is 3.87. The van der Waals surface area contributed by atoms with Gasteiger partial charge in [0.15, 0.2) is 0 Å². The maximum atomic E-state index is 11.7. The first-order chi connectivity index (χ1) is 7.49. The number of nitrogens with zero attached hydrogens (tertiary/aromatic N) is 1. The van der Waals surface area contributed by atoms with Crippen molar-refractivity contribution in [2.75, 3.05) is 20.6 Å². The quantitative estimate of drug-likeness (QED) is 0.759. The van der Waals surface area contributed by atoms with E-state index in [0.717, 1.165) is 0 Å². The highest BCUT2D eigenvalue weighted by Gasteiger charge is 2.12. The largest absolute Gasteiger partial charge is 0.458 e. The van der Waals surface area contributed by atoms with E-state index in [1.54, 1.807) is 24.3 Å². The van der Waals surface area contributed by atoms with Crippen LogP contribution in [-0.4, -0.2) is 37.6 Å². The molecule has 0 heterocycles. The van der Waals surface area contributed by atoms with E-state index in [0.29, 0.717) is 17.1 Å². The number of benzene rings is 1. The molecule has 1 aromatic carbocycles. The number of hydrogen-bond acceptors (Lipinski definition) is 3. The van der Waals surface area contributed by atoms with Crippen LogP contribution in [0.2, 0.25) is 5.02 Å². The first-order valence-electron chi connectivity index (χ1n) is 5.10. The zero-order chi connectivity index (χ0) is 12.1. The van der Waals surface area contributed by atoms with Gasteiger partial charge in [0, 0.05) is 11.6 Å². The number of halogens is 1. The summed E-state index contributed by atoms with van der Waals surface area (Å²) in [4.78, 5) is 13.6. The van der Waals surface area contributed by atoms with Gasteiger partial charge in [0.2, 0.25) is 0 Å². The van der Waals surface area contributed by atoms with Gasteiger partial charge in [-0.25, -0.2) is 4.79 Å². The Morgan fingerprint density at radius 3 is 2.44 bits per heavy atom. The van der Waals surface area contributed by atoms with E-state index in [1.165, 1.54) is 0 Å². The van der Waals surface area contributed by atoms with E-state index in [-0.39, 0.29) is 12.1 Å². The number of carbonyl (C=O) groups is 1. The van der Waals surface area contributed by atoms with Gasteiger partial charge in [-0.2, -0.15) is 0 Å². The van der Waals surface area contributed by atoms with Crippen molar-refractivity contribution in [1.82, 2.24) is 4.90 Å². The summed E-state index contributed by atoms with van der Waals surface area (Å²) in [5, 5.41) is 0.609. The van der Waals surface area contributed by atoms with Crippen LogP contribution < -0.4 is 0 Å². The van der Waals surface area contributed by atoms with E-state index < -0.39 is 0 Å². The van der Waals surface area contributed by atoms with Gasteiger partial charge in [0.1, 0.15) is 6.10 Å². The van der Waals surface area contributed by atoms with Crippen molar-refractivity contribution in [3.8, 4) is 0 Å². The van der Waals surface area contributed by atoms with E-state index in [4.69, 9.17) is 16.3 Å². The lowest BCUT2D eigenvalue weighted by Crippen LogP contribution is -2.28. The molecule has 16 heavy (non-hydrogen) atoms. The Labute approximate surface area is 101 Å². The van der Waals surface area contributed by atoms with Crippen LogP contribution in [0.15, 0.2) is 24.3 Å². The molecule has 1 aromatic rings. The first kappa shape index (κ1) is 13.0. The minimum Gasteiger partial charge on any atom is -0.458 e. The molecule has 0 saturated heterocycles. The normalized spacial score (nSPS) is 12.6. The number of likely N-dealkylation sites (N-methyl/N-ethyl adjacent to an activating group) is 1. The van der Waals surface area contributed by atoms with Crippen LogP contribution in [0.3, 0.4) is 0 Å². The predicted octanol–water partition coefficient (Wildman–Crippen LogP) is 2.45. The van der Waals surface area contributed by atoms with Crippen LogP contribution in [0.25, 0.3) is 0 Å². The summed E-state index contributed by atoms with van der Waals surface area (Å²) in [5.74, 6) is -0.314. The van der Waals surface area contributed by atoms with E-state index in [9.17, 15) is 4.79 Å². The zero-order valence-corrected chi connectivity index (χ0v) is 10.5. The van der Waals surface area contributed by atoms with Gasteiger partial charge in [-0.05, 0) is 45.3 Å². The smallest absolute Gasteiger partial charge is 0.338 e. The molecule has 0 saturated carbocycles. The second kappa shape index (κ2) is 5.87. The van der Waals surface area contributed by atoms with Gasteiger partial charge >= 0.3 is 5.97 Å². The third-order valence-corrected chi connectivity index (χ3v) is 2.26. The van der Waals surface area contributed by atoms with E-state index in [1.807, 2.05) is 25.9 Å². The van der Waals surface area contributed by atoms with Crippen molar-refractivity contribution in [1.29, 1.82) is 0 Å². The van der Waals surface area contributed by atoms with Gasteiger partial charge in [0.05, 0.1) is 5.56 Å². The second-order valence-electron chi connectivity index (χ2n) is 3.99. The standard InChI is InChI=1S/C12H16ClNO2/c1-9(8-14(2)3)16-12(15)10-4-6-11(13)7-5-10/h4-7,9H,8H2,1-3H3. The lowest BCUT2D eigenvalue weighted by Gasteiger charge is -2.17. The summed E-state index contributed by atoms with van der Waals surface area (Å²) in [6.07, 6.45) is -0.127. The Morgan fingerprint density at radius 2 is 1.94 bits per heavy atom. The summed E-state index contributed by atoms with van der Waals surface area (Å²) in [6.45, 7) is 2.58. The minimum absolute atomic E-state index is 0.127. The third-order valence-electron chi connectivity index (χ3n) is 2.01. The molecule has 0 aliphatic carbocycles. The van der Waals surface area contributed by atoms with Crippen LogP contribution in [0.1, 0.15) is 17.3 Å². The summed E-state index contributed by atoms with van der Waals surface area (Å²) < 4.78 is 5.26. The van der Waals surface area contributed by atoms with Crippen molar-refractivity contribution in [2.45, 2.75) is 13.0 Å². The average Bonchev–Trinajstić information content (AvgIpc) is 2.16. The maximum Gasteiger partial charge on any atom is 0.338 e. The fraction of sp³-hybridized carbons (Fsp3) is 0.417. The fourth-order valence-electron chi connectivity index (χ4n) is 1.39. The van der Waals surface area contributed by atoms with E-state index >= 15 is 0 Å². The summed E-state index contributed by atoms with van der Waals surface area (Å²) in [5.41, 5.74) is 0.523. The number of ether oxygens (including phenoxy) is 1. The highest BCUT2D eigenvalue weighted by molar-refractivity contribution is 6.30. The van der Waals surface area contributed by atoms with Crippen LogP contribution in [0.5, 0.6) is 0 Å². The Hall–Kier alpha value is -1.06. The molecule has 0 amide bonds. The van der Waals surface area contributed by atoms with Gasteiger partial charge in [-0.1, -0.05) is 11.6 Å². The van der Waals surface area contributed by atoms with E-state index in [2.05, 4.69) is 0 Å². The molecule has 0 fully saturated rings. The Morgan fingerprint density at radius 1 is 1.38 bits per heavy atom. The van der Waals surface area contributed by atoms with Crippen molar-refractivity contribution in [3.63, 3.8) is 0 Å². The topological polar surface area (TPSA) is 29.5 Å². The highest BCUT2D eigenvalue weighted by atomic mass is 35.5. The fourth-order valence-corrected chi connectivity index (χ4v) is 1.51. The molecule has 3 nitrogen and oxygen atoms in total. The molecule has 1 atom stereocenters. The van der Waals surface area contributed by atoms with Crippen LogP contribution >= 0.6 is 11.6 Å². The zero-order valence-electron chi connectivity index (χ0n) is 9.74. The third kappa shape index (κ3) is 4.21. The van der Waals surface area contributed by atoms with Gasteiger partial charge < -0.3 is 9.64 Å². The first-order valence-corrected chi connectivity index (χ1v) is 5.48. The molecular formula is C12H16ClNO2. The lowest BCUT2D eigenvalue weighted by molar-refractivity contribution is 0.0289. The number of hydrogen-bond donors (Lipinski definition) is 0. The highest BCUT2D eigenvalue weighted by Crippen LogP contribution is 2.11. The Kier molecular flexibility index (Phi) is 4.77. The van der Waals surface area contributed by atoms with Crippen molar-refractivity contribution in [2.24, 2.45) is 0 Å². The van der Waals surface area contributed by atoms with Crippen molar-refractivity contribution < 1.29 is 9.53 Å². The van der Waals surface area contributed by atoms with Crippen LogP contribution in [-0.2, 0) is 4.74 Å². The van der Waals surface area contributed by atoms with Gasteiger partial charge in [-0.15, -0.1) is 0 Å². The minimum atomic E-state index is -0.314. The summed E-state index contributed by atoms with van der Waals surface area (Å²) >= 11 is 5.73. The van der Waals surface area contributed by atoms with Gasteiger partial charge in [0.25, 0.3) is 0 Å². The molecule has 0 aliphatic heterocycles. The molecule has 0 spiro atoms. The molecule has 0 aromatic heterocycles. The van der Waals surface area contributed by atoms with Crippen LogP contribution in [0.4, 0.5) is 0 Å². The van der Waals surface area contributed by atoms with Crippen molar-refractivity contribution >= 4 is 17.6 Å². The maximum absolute atomic E-state index is 11.7. The molecule has 1 unspecified atom stereocenters. The molecule has 0 N–H and O–H groups in total. The molecular weight excluding hydrogens is 226 g/mol. The molecule has 0 radical (unpaired) electrons. The number of rotatable bonds is 4. The Balaban J connectivity index is 2.55. The van der Waals surface area contributed by atoms with Crippen LogP contribution in [0, 0.1) is 0 Å². The second-order valence-corrected chi connectivity index (χ2v) is 4.42. The molecule has 0 aliphatic rings.